The van der Waals surface area contributed by atoms with E-state index < -0.39 is 0 Å². The van der Waals surface area contributed by atoms with Crippen molar-refractivity contribution in [1.29, 1.82) is 0 Å². The van der Waals surface area contributed by atoms with E-state index in [-0.39, 0.29) is 0 Å². The summed E-state index contributed by atoms with van der Waals surface area (Å²) < 4.78 is 0. The Kier molecular flexibility index (Phi) is 3.41. The molecule has 0 bridgehead atoms. The SMILES string of the molecule is C=CCCC1(C)CCN(C(C)(C)C)C1. The van der Waals surface area contributed by atoms with E-state index in [2.05, 4.69) is 39.2 Å². The average molecular weight is 195 g/mol. The van der Waals surface area contributed by atoms with Crippen LogP contribution in [0.15, 0.2) is 12.7 Å². The van der Waals surface area contributed by atoms with Crippen LogP contribution in [-0.2, 0) is 0 Å². The van der Waals surface area contributed by atoms with E-state index in [0.717, 1.165) is 6.42 Å². The van der Waals surface area contributed by atoms with Gasteiger partial charge in [-0.3, -0.25) is 4.90 Å². The molecule has 82 valence electrons. The third-order valence-corrected chi connectivity index (χ3v) is 3.46. The lowest BCUT2D eigenvalue weighted by Gasteiger charge is -2.33. The van der Waals surface area contributed by atoms with E-state index in [9.17, 15) is 0 Å². The predicted octanol–water partition coefficient (Wildman–Crippen LogP) is 3.46. The molecule has 0 aromatic rings. The minimum Gasteiger partial charge on any atom is -0.298 e. The highest BCUT2D eigenvalue weighted by atomic mass is 15.2. The first-order valence-corrected chi connectivity index (χ1v) is 5.73. The summed E-state index contributed by atoms with van der Waals surface area (Å²) in [4.78, 5) is 2.61. The summed E-state index contributed by atoms with van der Waals surface area (Å²) >= 11 is 0. The van der Waals surface area contributed by atoms with Crippen LogP contribution in [0.5, 0.6) is 0 Å². The molecule has 1 heteroatoms. The minimum absolute atomic E-state index is 0.339. The highest BCUT2D eigenvalue weighted by Gasteiger charge is 2.37. The first-order valence-electron chi connectivity index (χ1n) is 5.73. The van der Waals surface area contributed by atoms with Crippen molar-refractivity contribution in [2.45, 2.75) is 52.5 Å². The van der Waals surface area contributed by atoms with Crippen molar-refractivity contribution in [1.82, 2.24) is 4.90 Å². The zero-order chi connectivity index (χ0) is 10.8. The predicted molar refractivity (Wildman–Crippen MR) is 63.5 cm³/mol. The van der Waals surface area contributed by atoms with Crippen LogP contribution < -0.4 is 0 Å². The summed E-state index contributed by atoms with van der Waals surface area (Å²) in [5.74, 6) is 0. The Hall–Kier alpha value is -0.300. The summed E-state index contributed by atoms with van der Waals surface area (Å²) in [6.07, 6.45) is 5.85. The zero-order valence-electron chi connectivity index (χ0n) is 10.3. The molecule has 0 aliphatic carbocycles. The van der Waals surface area contributed by atoms with Crippen LogP contribution in [0, 0.1) is 5.41 Å². The molecule has 0 amide bonds. The maximum absolute atomic E-state index is 3.81. The van der Waals surface area contributed by atoms with Gasteiger partial charge in [0.05, 0.1) is 0 Å². The van der Waals surface area contributed by atoms with Crippen LogP contribution in [0.3, 0.4) is 0 Å². The first-order chi connectivity index (χ1) is 6.37. The van der Waals surface area contributed by atoms with Gasteiger partial charge in [-0.2, -0.15) is 0 Å². The quantitative estimate of drug-likeness (QED) is 0.623. The molecule has 1 unspecified atom stereocenters. The number of allylic oxidation sites excluding steroid dienone is 1. The Labute approximate surface area is 89.2 Å². The van der Waals surface area contributed by atoms with E-state index in [1.165, 1.54) is 25.9 Å². The second-order valence-corrected chi connectivity index (χ2v) is 5.98. The molecular formula is C13H25N. The Bertz CT molecular complexity index is 202. The molecule has 1 rings (SSSR count). The van der Waals surface area contributed by atoms with E-state index >= 15 is 0 Å². The van der Waals surface area contributed by atoms with Crippen LogP contribution in [0.25, 0.3) is 0 Å². The molecule has 0 radical (unpaired) electrons. The van der Waals surface area contributed by atoms with Crippen LogP contribution in [0.1, 0.15) is 47.0 Å². The lowest BCUT2D eigenvalue weighted by atomic mass is 9.84. The molecule has 1 nitrogen and oxygen atoms in total. The van der Waals surface area contributed by atoms with Gasteiger partial charge in [-0.25, -0.2) is 0 Å². The number of likely N-dealkylation sites (tertiary alicyclic amines) is 1. The third kappa shape index (κ3) is 2.84. The Morgan fingerprint density at radius 3 is 2.50 bits per heavy atom. The lowest BCUT2D eigenvalue weighted by molar-refractivity contribution is 0.150. The fourth-order valence-electron chi connectivity index (χ4n) is 2.25. The van der Waals surface area contributed by atoms with Gasteiger partial charge in [0.2, 0.25) is 0 Å². The molecule has 1 saturated heterocycles. The second kappa shape index (κ2) is 4.06. The van der Waals surface area contributed by atoms with E-state index in [0.29, 0.717) is 11.0 Å². The lowest BCUT2D eigenvalue weighted by Crippen LogP contribution is -2.40. The van der Waals surface area contributed by atoms with E-state index in [1.807, 2.05) is 6.08 Å². The Balaban J connectivity index is 2.50. The minimum atomic E-state index is 0.339. The third-order valence-electron chi connectivity index (χ3n) is 3.46. The highest BCUT2D eigenvalue weighted by Crippen LogP contribution is 2.37. The van der Waals surface area contributed by atoms with E-state index in [4.69, 9.17) is 0 Å². The van der Waals surface area contributed by atoms with Gasteiger partial charge in [-0.15, -0.1) is 6.58 Å². The Morgan fingerprint density at radius 1 is 1.43 bits per heavy atom. The first kappa shape index (κ1) is 11.8. The van der Waals surface area contributed by atoms with Crippen molar-refractivity contribution < 1.29 is 0 Å². The molecular weight excluding hydrogens is 170 g/mol. The van der Waals surface area contributed by atoms with Crippen molar-refractivity contribution in [3.8, 4) is 0 Å². The normalized spacial score (nSPS) is 29.4. The monoisotopic (exact) mass is 195 g/mol. The second-order valence-electron chi connectivity index (χ2n) is 5.98. The maximum Gasteiger partial charge on any atom is 0.0125 e. The van der Waals surface area contributed by atoms with Gasteiger partial charge in [0.15, 0.2) is 0 Å². The van der Waals surface area contributed by atoms with Crippen molar-refractivity contribution in [2.24, 2.45) is 5.41 Å². The Morgan fingerprint density at radius 2 is 2.07 bits per heavy atom. The van der Waals surface area contributed by atoms with Crippen molar-refractivity contribution in [3.63, 3.8) is 0 Å². The topological polar surface area (TPSA) is 3.24 Å². The standard InChI is InChI=1S/C13H25N/c1-6-7-8-13(5)9-10-14(11-13)12(2,3)4/h6H,1,7-11H2,2-5H3. The molecule has 0 saturated carbocycles. The molecule has 1 aliphatic rings. The van der Waals surface area contributed by atoms with Crippen molar-refractivity contribution in [2.75, 3.05) is 13.1 Å². The van der Waals surface area contributed by atoms with Gasteiger partial charge in [0.25, 0.3) is 0 Å². The van der Waals surface area contributed by atoms with Crippen molar-refractivity contribution in [3.05, 3.63) is 12.7 Å². The summed E-state index contributed by atoms with van der Waals surface area (Å²) in [5, 5.41) is 0. The van der Waals surface area contributed by atoms with Gasteiger partial charge in [0.1, 0.15) is 0 Å². The number of hydrogen-bond acceptors (Lipinski definition) is 1. The van der Waals surface area contributed by atoms with Gasteiger partial charge in [0, 0.05) is 12.1 Å². The number of nitrogens with zero attached hydrogens (tertiary/aromatic N) is 1. The summed E-state index contributed by atoms with van der Waals surface area (Å²) in [6, 6.07) is 0. The van der Waals surface area contributed by atoms with E-state index in [1.54, 1.807) is 0 Å². The van der Waals surface area contributed by atoms with Gasteiger partial charge in [-0.1, -0.05) is 13.0 Å². The zero-order valence-corrected chi connectivity index (χ0v) is 10.3. The fourth-order valence-corrected chi connectivity index (χ4v) is 2.25. The molecule has 0 aromatic carbocycles. The molecule has 14 heavy (non-hydrogen) atoms. The summed E-state index contributed by atoms with van der Waals surface area (Å²) in [7, 11) is 0. The molecule has 1 fully saturated rings. The number of hydrogen-bond donors (Lipinski definition) is 0. The highest BCUT2D eigenvalue weighted by molar-refractivity contribution is 4.92. The number of rotatable bonds is 3. The van der Waals surface area contributed by atoms with Crippen LogP contribution in [0.2, 0.25) is 0 Å². The molecule has 1 aliphatic heterocycles. The summed E-state index contributed by atoms with van der Waals surface area (Å²) in [6.45, 7) is 15.7. The van der Waals surface area contributed by atoms with Crippen LogP contribution in [-0.4, -0.2) is 23.5 Å². The molecule has 1 heterocycles. The molecule has 0 aromatic heterocycles. The van der Waals surface area contributed by atoms with Gasteiger partial charge >= 0.3 is 0 Å². The largest absolute Gasteiger partial charge is 0.298 e. The summed E-state index contributed by atoms with van der Waals surface area (Å²) in [5.41, 5.74) is 0.868. The van der Waals surface area contributed by atoms with Crippen LogP contribution in [0.4, 0.5) is 0 Å². The fraction of sp³-hybridized carbons (Fsp3) is 0.846. The molecule has 1 atom stereocenters. The van der Waals surface area contributed by atoms with Crippen molar-refractivity contribution >= 4 is 0 Å². The van der Waals surface area contributed by atoms with Gasteiger partial charge < -0.3 is 0 Å². The van der Waals surface area contributed by atoms with Gasteiger partial charge in [-0.05, 0) is 52.0 Å². The smallest absolute Gasteiger partial charge is 0.0125 e. The molecule has 0 N–H and O–H groups in total. The maximum atomic E-state index is 3.81. The molecule has 0 spiro atoms. The van der Waals surface area contributed by atoms with Crippen LogP contribution >= 0.6 is 0 Å². The average Bonchev–Trinajstić information content (AvgIpc) is 2.45.